The lowest BCUT2D eigenvalue weighted by atomic mass is 9.94. The van der Waals surface area contributed by atoms with Gasteiger partial charge < -0.3 is 15.6 Å². The Morgan fingerprint density at radius 2 is 1.83 bits per heavy atom. The normalized spacial score (nSPS) is 17.6. The lowest BCUT2D eigenvalue weighted by molar-refractivity contribution is -0.614. The molecule has 36 heavy (non-hydrogen) atoms. The third-order valence-corrected chi connectivity index (χ3v) is 6.77. The summed E-state index contributed by atoms with van der Waals surface area (Å²) in [7, 11) is 0. The van der Waals surface area contributed by atoms with Gasteiger partial charge in [0.1, 0.15) is 11.7 Å². The third-order valence-electron chi connectivity index (χ3n) is 6.48. The van der Waals surface area contributed by atoms with Crippen LogP contribution in [-0.4, -0.2) is 17.0 Å². The average Bonchev–Trinajstić information content (AvgIpc) is 3.53. The molecule has 0 aliphatic heterocycles. The minimum Gasteiger partial charge on any atom is -0.618 e. The van der Waals surface area contributed by atoms with E-state index in [-0.39, 0.29) is 27.8 Å². The van der Waals surface area contributed by atoms with E-state index in [0.29, 0.717) is 22.8 Å². The smallest absolute Gasteiger partial charge is 0.335 e. The van der Waals surface area contributed by atoms with Crippen molar-refractivity contribution < 1.29 is 32.6 Å². The minimum absolute atomic E-state index is 0.0563. The highest BCUT2D eigenvalue weighted by Crippen LogP contribution is 2.45. The summed E-state index contributed by atoms with van der Waals surface area (Å²) in [6.45, 7) is 2.03. The van der Waals surface area contributed by atoms with Crippen molar-refractivity contribution in [3.63, 3.8) is 0 Å². The molecular weight excluding hydrogens is 497 g/mol. The molecule has 10 heteroatoms. The second-order valence-corrected chi connectivity index (χ2v) is 9.34. The second kappa shape index (κ2) is 10.2. The number of rotatable bonds is 8. The zero-order valence-electron chi connectivity index (χ0n) is 19.1. The summed E-state index contributed by atoms with van der Waals surface area (Å²) in [4.78, 5) is 24.2. The topological polar surface area (TPSA) is 93.3 Å². The Balaban J connectivity index is 1.67. The van der Waals surface area contributed by atoms with Crippen molar-refractivity contribution in [2.45, 2.75) is 32.1 Å². The van der Waals surface area contributed by atoms with Crippen molar-refractivity contribution >= 4 is 29.2 Å². The number of hydrogen-bond donors (Lipinski definition) is 2. The summed E-state index contributed by atoms with van der Waals surface area (Å²) in [5, 5.41) is 24.4. The maximum atomic E-state index is 14.7. The van der Waals surface area contributed by atoms with Gasteiger partial charge in [-0.05, 0) is 61.1 Å². The molecule has 2 N–H and O–H groups in total. The lowest BCUT2D eigenvalue weighted by Crippen LogP contribution is -2.37. The van der Waals surface area contributed by atoms with E-state index in [2.05, 4.69) is 5.32 Å². The van der Waals surface area contributed by atoms with Crippen LogP contribution < -0.4 is 10.0 Å². The number of hydrogen-bond acceptors (Lipinski definition) is 3. The number of nitrogens with one attached hydrogen (secondary N) is 1. The number of benzene rings is 2. The molecule has 3 atom stereocenters. The van der Waals surface area contributed by atoms with E-state index in [0.717, 1.165) is 24.8 Å². The van der Waals surface area contributed by atoms with Gasteiger partial charge in [-0.25, -0.2) is 18.0 Å². The van der Waals surface area contributed by atoms with Crippen molar-refractivity contribution in [1.82, 2.24) is 0 Å². The molecule has 0 bridgehead atoms. The predicted molar refractivity (Wildman–Crippen MR) is 127 cm³/mol. The molecule has 3 aromatic rings. The van der Waals surface area contributed by atoms with E-state index in [9.17, 15) is 28.0 Å². The van der Waals surface area contributed by atoms with Crippen LogP contribution in [0.1, 0.15) is 53.7 Å². The van der Waals surface area contributed by atoms with E-state index in [1.165, 1.54) is 36.4 Å². The lowest BCUT2D eigenvalue weighted by Gasteiger charge is -2.18. The molecule has 188 valence electrons. The summed E-state index contributed by atoms with van der Waals surface area (Å²) in [5.41, 5.74) is -0.665. The zero-order chi connectivity index (χ0) is 26.1. The number of alkyl halides is 2. The fourth-order valence-electron chi connectivity index (χ4n) is 4.27. The molecule has 1 aromatic heterocycles. The summed E-state index contributed by atoms with van der Waals surface area (Å²) in [6.07, 6.45) is -0.738. The molecular formula is C26H22ClF3N2O4. The number of aromatic nitrogens is 1. The van der Waals surface area contributed by atoms with Gasteiger partial charge in [0.25, 0.3) is 6.43 Å². The number of anilines is 1. The Bertz CT molecular complexity index is 1320. The number of halogens is 4. The second-order valence-electron chi connectivity index (χ2n) is 8.93. The van der Waals surface area contributed by atoms with Crippen LogP contribution in [0.15, 0.2) is 54.7 Å². The van der Waals surface area contributed by atoms with Gasteiger partial charge >= 0.3 is 5.97 Å². The molecule has 1 aliphatic carbocycles. The molecule has 0 radical (unpaired) electrons. The van der Waals surface area contributed by atoms with Crippen LogP contribution in [0.25, 0.3) is 11.1 Å². The maximum Gasteiger partial charge on any atom is 0.335 e. The first-order valence-corrected chi connectivity index (χ1v) is 11.6. The molecule has 0 spiro atoms. The molecule has 2 aromatic carbocycles. The highest BCUT2D eigenvalue weighted by molar-refractivity contribution is 6.31. The standard InChI is InChI=1S/C26H22ClF3N2O4/c1-13-10-16(13)11-19(25(33)31-17-5-2-14(3-6-17)26(34)35)21-9-4-15(12-32(21)36)22-18(24(29)30)7-8-20(27)23(22)28/h2-9,12-13,16,19,24H,10-11H2,1H3,(H,31,33)(H,34,35)/t13-,16+,19+/m1/s1. The monoisotopic (exact) mass is 518 g/mol. The van der Waals surface area contributed by atoms with E-state index in [1.807, 2.05) is 6.92 Å². The molecule has 1 fully saturated rings. The van der Waals surface area contributed by atoms with Gasteiger partial charge in [0.15, 0.2) is 6.20 Å². The van der Waals surface area contributed by atoms with Gasteiger partial charge in [-0.1, -0.05) is 24.6 Å². The van der Waals surface area contributed by atoms with Gasteiger partial charge in [0.2, 0.25) is 11.6 Å². The first-order chi connectivity index (χ1) is 17.1. The van der Waals surface area contributed by atoms with E-state index >= 15 is 0 Å². The molecule has 1 saturated carbocycles. The Hall–Kier alpha value is -3.59. The van der Waals surface area contributed by atoms with Crippen molar-refractivity contribution in [3.05, 3.63) is 87.6 Å². The van der Waals surface area contributed by atoms with Crippen LogP contribution >= 0.6 is 11.6 Å². The number of carbonyl (C=O) groups is 2. The summed E-state index contributed by atoms with van der Waals surface area (Å²) < 4.78 is 42.1. The van der Waals surface area contributed by atoms with Gasteiger partial charge in [-0.15, -0.1) is 0 Å². The number of carbonyl (C=O) groups excluding carboxylic acids is 1. The van der Waals surface area contributed by atoms with Gasteiger partial charge in [-0.3, -0.25) is 4.79 Å². The SMILES string of the molecule is C[C@@H]1C[C@H]1C[C@H](C(=O)Nc1ccc(C(=O)O)cc1)c1ccc(-c2c(C(F)F)ccc(Cl)c2F)c[n+]1[O-]. The molecule has 1 heterocycles. The predicted octanol–water partition coefficient (Wildman–Crippen LogP) is 6.18. The minimum atomic E-state index is -2.99. The number of nitrogens with zero attached hydrogens (tertiary/aromatic N) is 1. The molecule has 1 aliphatic rings. The third kappa shape index (κ3) is 5.31. The molecule has 1 amide bonds. The van der Waals surface area contributed by atoms with Crippen LogP contribution in [0, 0.1) is 22.9 Å². The number of aromatic carboxylic acids is 1. The first-order valence-electron chi connectivity index (χ1n) is 11.2. The van der Waals surface area contributed by atoms with Crippen molar-refractivity contribution in [1.29, 1.82) is 0 Å². The Labute approximate surface area is 209 Å². The number of amides is 1. The molecule has 0 unspecified atom stereocenters. The van der Waals surface area contributed by atoms with E-state index in [4.69, 9.17) is 16.7 Å². The van der Waals surface area contributed by atoms with Crippen LogP contribution in [-0.2, 0) is 4.79 Å². The number of carboxylic acids is 1. The van der Waals surface area contributed by atoms with Crippen molar-refractivity contribution in [2.75, 3.05) is 5.32 Å². The zero-order valence-corrected chi connectivity index (χ0v) is 19.8. The largest absolute Gasteiger partial charge is 0.618 e. The van der Waals surface area contributed by atoms with Crippen LogP contribution in [0.5, 0.6) is 0 Å². The van der Waals surface area contributed by atoms with Gasteiger partial charge in [0, 0.05) is 22.9 Å². The fourth-order valence-corrected chi connectivity index (χ4v) is 4.43. The Morgan fingerprint density at radius 3 is 2.39 bits per heavy atom. The fraction of sp³-hybridized carbons (Fsp3) is 0.269. The van der Waals surface area contributed by atoms with Crippen LogP contribution in [0.3, 0.4) is 0 Å². The summed E-state index contributed by atoms with van der Waals surface area (Å²) in [6, 6.07) is 10.3. The van der Waals surface area contributed by atoms with Crippen LogP contribution in [0.4, 0.5) is 18.9 Å². The van der Waals surface area contributed by atoms with E-state index in [1.54, 1.807) is 0 Å². The quantitative estimate of drug-likeness (QED) is 0.275. The average molecular weight is 519 g/mol. The first kappa shape index (κ1) is 25.5. The molecule has 6 nitrogen and oxygen atoms in total. The van der Waals surface area contributed by atoms with Crippen molar-refractivity contribution in [2.24, 2.45) is 11.8 Å². The molecule has 0 saturated heterocycles. The van der Waals surface area contributed by atoms with Gasteiger partial charge in [0.05, 0.1) is 16.1 Å². The number of pyridine rings is 1. The Morgan fingerprint density at radius 1 is 1.17 bits per heavy atom. The van der Waals surface area contributed by atoms with E-state index < -0.39 is 41.2 Å². The highest BCUT2D eigenvalue weighted by Gasteiger charge is 2.40. The maximum absolute atomic E-state index is 14.7. The molecule has 4 rings (SSSR count). The van der Waals surface area contributed by atoms with Crippen molar-refractivity contribution in [3.8, 4) is 11.1 Å². The number of carboxylic acid groups (broad SMARTS) is 1. The van der Waals surface area contributed by atoms with Gasteiger partial charge in [-0.2, -0.15) is 4.73 Å². The van der Waals surface area contributed by atoms with Crippen LogP contribution in [0.2, 0.25) is 5.02 Å². The summed E-state index contributed by atoms with van der Waals surface area (Å²) in [5.74, 6) is -2.89. The highest BCUT2D eigenvalue weighted by atomic mass is 35.5. The summed E-state index contributed by atoms with van der Waals surface area (Å²) >= 11 is 5.80. The Kier molecular flexibility index (Phi) is 7.21.